The van der Waals surface area contributed by atoms with Crippen molar-refractivity contribution in [3.8, 4) is 0 Å². The molecule has 2 aliphatic heterocycles. The number of aliphatic hydroxyl groups is 1. The Bertz CT molecular complexity index is 305. The van der Waals surface area contributed by atoms with E-state index in [1.807, 2.05) is 14.0 Å². The minimum atomic E-state index is 0.165. The van der Waals surface area contributed by atoms with E-state index >= 15 is 0 Å². The fraction of sp³-hybridized carbons (Fsp3) is 0.286. The summed E-state index contributed by atoms with van der Waals surface area (Å²) in [5.41, 5.74) is 3.67. The van der Waals surface area contributed by atoms with E-state index in [1.165, 1.54) is 5.01 Å². The van der Waals surface area contributed by atoms with Gasteiger partial charge in [0.25, 0.3) is 0 Å². The van der Waals surface area contributed by atoms with Gasteiger partial charge in [0.2, 0.25) is 5.88 Å². The first-order chi connectivity index (χ1) is 5.66. The highest BCUT2D eigenvalue weighted by Gasteiger charge is 2.24. The second-order valence-corrected chi connectivity index (χ2v) is 2.79. The van der Waals surface area contributed by atoms with E-state index in [2.05, 4.69) is 10.5 Å². The first kappa shape index (κ1) is 7.17. The summed E-state index contributed by atoms with van der Waals surface area (Å²) >= 11 is 0. The summed E-state index contributed by atoms with van der Waals surface area (Å²) in [5, 5.41) is 12.7. The van der Waals surface area contributed by atoms with E-state index in [4.69, 9.17) is 0 Å². The number of fused-ring (bicyclic) bond motifs is 1. The van der Waals surface area contributed by atoms with Gasteiger partial charge in [-0.3, -0.25) is 5.01 Å². The summed E-state index contributed by atoms with van der Waals surface area (Å²) in [5.74, 6) is 0.869. The van der Waals surface area contributed by atoms with Crippen LogP contribution in [-0.4, -0.2) is 27.9 Å². The summed E-state index contributed by atoms with van der Waals surface area (Å²) in [4.78, 5) is 4.21. The van der Waals surface area contributed by atoms with Gasteiger partial charge in [0, 0.05) is 18.8 Å². The topological polar surface area (TPSA) is 51.1 Å². The quantitative estimate of drug-likeness (QED) is 0.544. The van der Waals surface area contributed by atoms with Gasteiger partial charge in [-0.15, -0.1) is 5.53 Å². The van der Waals surface area contributed by atoms with E-state index in [0.29, 0.717) is 5.82 Å². The smallest absolute Gasteiger partial charge is 0.210 e. The normalized spacial score (nSPS) is 21.7. The maximum absolute atomic E-state index is 9.44. The zero-order valence-corrected chi connectivity index (χ0v) is 6.94. The first-order valence-corrected chi connectivity index (χ1v) is 3.64. The molecular weight excluding hydrogens is 156 g/mol. The highest BCUT2D eigenvalue weighted by atomic mass is 16.3. The number of nitrogens with zero attached hydrogens (tertiary/aromatic N) is 3. The lowest BCUT2D eigenvalue weighted by Gasteiger charge is -2.22. The highest BCUT2D eigenvalue weighted by Crippen LogP contribution is 2.19. The maximum atomic E-state index is 9.44. The van der Waals surface area contributed by atoms with Crippen molar-refractivity contribution in [3.05, 3.63) is 24.0 Å². The number of hydrogen-bond donors (Lipinski definition) is 2. The Morgan fingerprint density at radius 1 is 1.58 bits per heavy atom. The minimum Gasteiger partial charge on any atom is -0.493 e. The average Bonchev–Trinajstić information content (AvgIpc) is 2.29. The lowest BCUT2D eigenvalue weighted by molar-refractivity contribution is 0.122. The van der Waals surface area contributed by atoms with Crippen LogP contribution in [0, 0.1) is 0 Å². The Morgan fingerprint density at radius 2 is 2.33 bits per heavy atom. The van der Waals surface area contributed by atoms with Crippen molar-refractivity contribution in [2.24, 2.45) is 4.99 Å². The summed E-state index contributed by atoms with van der Waals surface area (Å²) in [6.45, 7) is 1.84. The van der Waals surface area contributed by atoms with Crippen LogP contribution >= 0.6 is 0 Å². The van der Waals surface area contributed by atoms with Crippen molar-refractivity contribution in [1.29, 1.82) is 0 Å². The van der Waals surface area contributed by atoms with E-state index in [-0.39, 0.29) is 5.88 Å². The average molecular weight is 166 g/mol. The Kier molecular flexibility index (Phi) is 1.34. The Morgan fingerprint density at radius 3 is 3.08 bits per heavy atom. The standard InChI is InChI=1S/C7H10N4O/c1-5-3-7(12)11-6(8-5)4-10(2)9-11/h3-4,9,12H,1-2H3. The predicted octanol–water partition coefficient (Wildman–Crippen LogP) is 0.326. The molecule has 0 radical (unpaired) electrons. The zero-order valence-electron chi connectivity index (χ0n) is 6.94. The van der Waals surface area contributed by atoms with E-state index in [0.717, 1.165) is 5.71 Å². The molecule has 0 fully saturated rings. The number of hydrazine groups is 2. The summed E-state index contributed by atoms with van der Waals surface area (Å²) in [7, 11) is 1.84. The molecule has 0 bridgehead atoms. The van der Waals surface area contributed by atoms with Gasteiger partial charge in [0.15, 0.2) is 5.82 Å². The molecule has 2 aliphatic rings. The molecule has 5 nitrogen and oxygen atoms in total. The predicted molar refractivity (Wildman–Crippen MR) is 44.6 cm³/mol. The van der Waals surface area contributed by atoms with Crippen LogP contribution in [0.4, 0.5) is 0 Å². The van der Waals surface area contributed by atoms with Crippen LogP contribution < -0.4 is 5.53 Å². The lowest BCUT2D eigenvalue weighted by Crippen LogP contribution is -2.38. The summed E-state index contributed by atoms with van der Waals surface area (Å²) < 4.78 is 0. The molecule has 0 spiro atoms. The van der Waals surface area contributed by atoms with E-state index < -0.39 is 0 Å². The summed E-state index contributed by atoms with van der Waals surface area (Å²) in [6.07, 6.45) is 3.40. The Hall–Kier alpha value is -1.49. The molecule has 12 heavy (non-hydrogen) atoms. The van der Waals surface area contributed by atoms with Gasteiger partial charge < -0.3 is 5.11 Å². The van der Waals surface area contributed by atoms with Gasteiger partial charge in [-0.1, -0.05) is 0 Å². The van der Waals surface area contributed by atoms with Crippen LogP contribution in [0.25, 0.3) is 0 Å². The molecule has 2 heterocycles. The fourth-order valence-electron chi connectivity index (χ4n) is 1.18. The molecule has 5 heteroatoms. The van der Waals surface area contributed by atoms with Crippen molar-refractivity contribution >= 4 is 5.71 Å². The molecule has 0 saturated carbocycles. The third-order valence-corrected chi connectivity index (χ3v) is 1.65. The van der Waals surface area contributed by atoms with Gasteiger partial charge in [0.1, 0.15) is 0 Å². The number of allylic oxidation sites excluding steroid dienone is 1. The molecule has 0 amide bonds. The number of aliphatic hydroxyl groups excluding tert-OH is 1. The molecule has 0 unspecified atom stereocenters. The second kappa shape index (κ2) is 2.25. The zero-order chi connectivity index (χ0) is 8.72. The van der Waals surface area contributed by atoms with Crippen LogP contribution in [0.3, 0.4) is 0 Å². The van der Waals surface area contributed by atoms with Crippen molar-refractivity contribution in [2.45, 2.75) is 6.92 Å². The van der Waals surface area contributed by atoms with Gasteiger partial charge >= 0.3 is 0 Å². The monoisotopic (exact) mass is 166 g/mol. The van der Waals surface area contributed by atoms with Crippen LogP contribution in [0.5, 0.6) is 0 Å². The third kappa shape index (κ3) is 0.947. The van der Waals surface area contributed by atoms with Crippen molar-refractivity contribution in [3.63, 3.8) is 0 Å². The van der Waals surface area contributed by atoms with Crippen LogP contribution in [0.15, 0.2) is 29.0 Å². The molecule has 0 aromatic rings. The largest absolute Gasteiger partial charge is 0.493 e. The molecule has 0 saturated heterocycles. The van der Waals surface area contributed by atoms with Crippen molar-refractivity contribution < 1.29 is 5.11 Å². The number of rotatable bonds is 0. The molecule has 2 rings (SSSR count). The highest BCUT2D eigenvalue weighted by molar-refractivity contribution is 5.94. The molecule has 0 aliphatic carbocycles. The molecule has 0 atom stereocenters. The van der Waals surface area contributed by atoms with E-state index in [1.54, 1.807) is 17.3 Å². The van der Waals surface area contributed by atoms with E-state index in [9.17, 15) is 5.11 Å². The first-order valence-electron chi connectivity index (χ1n) is 3.64. The Labute approximate surface area is 70.2 Å². The van der Waals surface area contributed by atoms with Gasteiger partial charge in [-0.2, -0.15) is 0 Å². The SMILES string of the molecule is CC1=NC2=CN(C)NN2C(O)=C1. The molecular formula is C7H10N4O. The molecule has 64 valence electrons. The number of nitrogens with one attached hydrogen (secondary N) is 1. The van der Waals surface area contributed by atoms with Crippen LogP contribution in [0.2, 0.25) is 0 Å². The van der Waals surface area contributed by atoms with Crippen LogP contribution in [0.1, 0.15) is 6.92 Å². The Balaban J connectivity index is 2.37. The minimum absolute atomic E-state index is 0.165. The molecule has 0 aromatic carbocycles. The van der Waals surface area contributed by atoms with Gasteiger partial charge in [-0.05, 0) is 6.92 Å². The molecule has 0 aromatic heterocycles. The van der Waals surface area contributed by atoms with Crippen molar-refractivity contribution in [2.75, 3.05) is 7.05 Å². The maximum Gasteiger partial charge on any atom is 0.210 e. The van der Waals surface area contributed by atoms with Crippen molar-refractivity contribution in [1.82, 2.24) is 15.6 Å². The second-order valence-electron chi connectivity index (χ2n) is 2.79. The third-order valence-electron chi connectivity index (χ3n) is 1.65. The van der Waals surface area contributed by atoms with Gasteiger partial charge in [-0.25, -0.2) is 10.0 Å². The lowest BCUT2D eigenvalue weighted by atomic mass is 10.3. The van der Waals surface area contributed by atoms with Gasteiger partial charge in [0.05, 0.1) is 6.20 Å². The number of hydrogen-bond acceptors (Lipinski definition) is 5. The number of aliphatic imine (C=N–C) groups is 1. The van der Waals surface area contributed by atoms with Crippen LogP contribution in [-0.2, 0) is 0 Å². The molecule has 2 N–H and O–H groups in total. The fourth-order valence-corrected chi connectivity index (χ4v) is 1.18. The summed E-state index contributed by atoms with van der Waals surface area (Å²) in [6, 6.07) is 0.